The summed E-state index contributed by atoms with van der Waals surface area (Å²) in [5, 5.41) is 4.00. The summed E-state index contributed by atoms with van der Waals surface area (Å²) in [4.78, 5) is 15.2. The molecule has 0 bridgehead atoms. The summed E-state index contributed by atoms with van der Waals surface area (Å²) in [6.07, 6.45) is -4.99. The Kier molecular flexibility index (Phi) is 6.27. The Morgan fingerprint density at radius 2 is 2.04 bits per heavy atom. The summed E-state index contributed by atoms with van der Waals surface area (Å²) in [6, 6.07) is 2.26. The van der Waals surface area contributed by atoms with Gasteiger partial charge in [-0.1, -0.05) is 11.6 Å². The molecule has 0 aliphatic carbocycles. The minimum atomic E-state index is -4.78. The minimum absolute atomic E-state index is 0.211. The van der Waals surface area contributed by atoms with Crippen molar-refractivity contribution in [1.82, 2.24) is 9.71 Å². The third kappa shape index (κ3) is 5.40. The number of hydrogen-bond acceptors (Lipinski definition) is 5. The number of nitrogens with one attached hydrogen (secondary N) is 2. The number of thiazole rings is 1. The van der Waals surface area contributed by atoms with Crippen LogP contribution in [-0.2, 0) is 21.0 Å². The smallest absolute Gasteiger partial charge is 0.302 e. The summed E-state index contributed by atoms with van der Waals surface area (Å²) >= 11 is 6.68. The largest absolute Gasteiger partial charge is 0.417 e. The summed E-state index contributed by atoms with van der Waals surface area (Å²) < 4.78 is 64.8. The number of carbonyl (C=O) groups is 1. The molecule has 0 aliphatic rings. The van der Waals surface area contributed by atoms with Crippen LogP contribution in [0.3, 0.4) is 0 Å². The van der Waals surface area contributed by atoms with Crippen molar-refractivity contribution in [2.45, 2.75) is 24.4 Å². The van der Waals surface area contributed by atoms with Crippen LogP contribution >= 0.6 is 22.9 Å². The molecule has 0 atom stereocenters. The topological polar surface area (TPSA) is 88.2 Å². The van der Waals surface area contributed by atoms with E-state index in [1.54, 1.807) is 12.3 Å². The Bertz CT molecular complexity index is 914. The van der Waals surface area contributed by atoms with Gasteiger partial charge in [0.25, 0.3) is 0 Å². The fourth-order valence-corrected chi connectivity index (χ4v) is 3.85. The lowest BCUT2D eigenvalue weighted by atomic mass is 10.2. The number of nitrogens with zero attached hydrogens (tertiary/aromatic N) is 1. The third-order valence-electron chi connectivity index (χ3n) is 3.06. The van der Waals surface area contributed by atoms with Crippen LogP contribution in [0.1, 0.15) is 17.7 Å². The highest BCUT2D eigenvalue weighted by atomic mass is 35.5. The monoisotopic (exact) mass is 427 g/mol. The Balaban J connectivity index is 1.99. The number of benzene rings is 1. The Morgan fingerprint density at radius 3 is 2.62 bits per heavy atom. The average Bonchev–Trinajstić information content (AvgIpc) is 2.91. The van der Waals surface area contributed by atoms with E-state index in [9.17, 15) is 26.4 Å². The summed E-state index contributed by atoms with van der Waals surface area (Å²) in [5.74, 6) is -0.478. The number of carbonyl (C=O) groups excluding carboxylic acids is 1. The fourth-order valence-electron chi connectivity index (χ4n) is 1.86. The van der Waals surface area contributed by atoms with Gasteiger partial charge in [0.1, 0.15) is 0 Å². The van der Waals surface area contributed by atoms with Crippen LogP contribution < -0.4 is 10.0 Å². The van der Waals surface area contributed by atoms with Crippen molar-refractivity contribution in [2.75, 3.05) is 11.9 Å². The van der Waals surface area contributed by atoms with Gasteiger partial charge < -0.3 is 5.32 Å². The first-order valence-electron chi connectivity index (χ1n) is 7.07. The molecule has 0 saturated heterocycles. The molecule has 0 saturated carbocycles. The number of halogens is 4. The summed E-state index contributed by atoms with van der Waals surface area (Å²) in [7, 11) is -4.23. The van der Waals surface area contributed by atoms with Gasteiger partial charge in [-0.05, 0) is 25.1 Å². The van der Waals surface area contributed by atoms with Crippen molar-refractivity contribution in [1.29, 1.82) is 0 Å². The molecule has 6 nitrogen and oxygen atoms in total. The molecule has 0 spiro atoms. The lowest BCUT2D eigenvalue weighted by molar-refractivity contribution is -0.137. The molecule has 2 aromatic rings. The molecular formula is C14H13ClF3N3O3S2. The highest BCUT2D eigenvalue weighted by Gasteiger charge is 2.34. The molecule has 1 heterocycles. The number of hydrogen-bond donors (Lipinski definition) is 2. The van der Waals surface area contributed by atoms with Crippen molar-refractivity contribution in [3.63, 3.8) is 0 Å². The van der Waals surface area contributed by atoms with Gasteiger partial charge in [0.05, 0.1) is 21.2 Å². The number of rotatable bonds is 6. The third-order valence-corrected chi connectivity index (χ3v) is 5.73. The molecule has 0 radical (unpaired) electrons. The number of alkyl halides is 3. The van der Waals surface area contributed by atoms with Crippen molar-refractivity contribution >= 4 is 44.0 Å². The molecular weight excluding hydrogens is 415 g/mol. The fraction of sp³-hybridized carbons (Fsp3) is 0.286. The van der Waals surface area contributed by atoms with Crippen molar-refractivity contribution < 1.29 is 26.4 Å². The number of sulfonamides is 1. The van der Waals surface area contributed by atoms with Crippen LogP contribution in [0.4, 0.5) is 18.3 Å². The summed E-state index contributed by atoms with van der Waals surface area (Å²) in [5.41, 5.74) is -0.520. The predicted molar refractivity (Wildman–Crippen MR) is 91.7 cm³/mol. The van der Waals surface area contributed by atoms with Crippen LogP contribution in [0.2, 0.25) is 5.02 Å². The SMILES string of the molecule is Cc1csc(NC(=O)CCNS(=O)(=O)c2ccc(Cl)c(C(F)(F)F)c2)n1. The Labute approximate surface area is 156 Å². The molecule has 1 aromatic carbocycles. The van der Waals surface area contributed by atoms with Crippen molar-refractivity contribution in [2.24, 2.45) is 0 Å². The second kappa shape index (κ2) is 7.91. The van der Waals surface area contributed by atoms with Crippen LogP contribution in [0.25, 0.3) is 0 Å². The molecule has 12 heteroatoms. The van der Waals surface area contributed by atoms with Crippen LogP contribution in [0.5, 0.6) is 0 Å². The number of anilines is 1. The molecule has 2 N–H and O–H groups in total. The second-order valence-electron chi connectivity index (χ2n) is 5.13. The maximum atomic E-state index is 12.8. The van der Waals surface area contributed by atoms with Gasteiger partial charge in [0, 0.05) is 18.3 Å². The molecule has 2 rings (SSSR count). The first kappa shape index (κ1) is 20.6. The molecule has 1 aromatic heterocycles. The normalized spacial score (nSPS) is 12.2. The van der Waals surface area contributed by atoms with E-state index in [1.165, 1.54) is 11.3 Å². The molecule has 0 fully saturated rings. The van der Waals surface area contributed by atoms with Crippen molar-refractivity contribution in [3.05, 3.63) is 39.9 Å². The van der Waals surface area contributed by atoms with Gasteiger partial charge in [-0.3, -0.25) is 4.79 Å². The van der Waals surface area contributed by atoms with Gasteiger partial charge in [-0.25, -0.2) is 18.1 Å². The van der Waals surface area contributed by atoms with E-state index >= 15 is 0 Å². The van der Waals surface area contributed by atoms with E-state index in [1.807, 2.05) is 0 Å². The van der Waals surface area contributed by atoms with E-state index in [-0.39, 0.29) is 13.0 Å². The average molecular weight is 428 g/mol. The highest BCUT2D eigenvalue weighted by Crippen LogP contribution is 2.35. The first-order chi connectivity index (χ1) is 12.0. The zero-order valence-electron chi connectivity index (χ0n) is 13.2. The Morgan fingerprint density at radius 1 is 1.35 bits per heavy atom. The maximum Gasteiger partial charge on any atom is 0.417 e. The molecule has 0 unspecified atom stereocenters. The van der Waals surface area contributed by atoms with Crippen LogP contribution in [-0.4, -0.2) is 25.9 Å². The van der Waals surface area contributed by atoms with Gasteiger partial charge in [0.15, 0.2) is 5.13 Å². The molecule has 142 valence electrons. The zero-order valence-corrected chi connectivity index (χ0v) is 15.6. The van der Waals surface area contributed by atoms with Gasteiger partial charge in [-0.2, -0.15) is 13.2 Å². The van der Waals surface area contributed by atoms with Gasteiger partial charge >= 0.3 is 6.18 Å². The van der Waals surface area contributed by atoms with Crippen LogP contribution in [0, 0.1) is 6.92 Å². The van der Waals surface area contributed by atoms with E-state index < -0.39 is 37.6 Å². The number of amides is 1. The van der Waals surface area contributed by atoms with Crippen molar-refractivity contribution in [3.8, 4) is 0 Å². The lowest BCUT2D eigenvalue weighted by Crippen LogP contribution is -2.28. The van der Waals surface area contributed by atoms with E-state index in [2.05, 4.69) is 15.0 Å². The van der Waals surface area contributed by atoms with Gasteiger partial charge in [0.2, 0.25) is 15.9 Å². The maximum absolute atomic E-state index is 12.8. The predicted octanol–water partition coefficient (Wildman–Crippen LogP) is 3.43. The summed E-state index contributed by atoms with van der Waals surface area (Å²) in [6.45, 7) is 1.46. The van der Waals surface area contributed by atoms with Gasteiger partial charge in [-0.15, -0.1) is 11.3 Å². The first-order valence-corrected chi connectivity index (χ1v) is 9.81. The molecule has 1 amide bonds. The highest BCUT2D eigenvalue weighted by molar-refractivity contribution is 7.89. The minimum Gasteiger partial charge on any atom is -0.302 e. The van der Waals surface area contributed by atoms with E-state index in [0.29, 0.717) is 11.2 Å². The second-order valence-corrected chi connectivity index (χ2v) is 8.16. The van der Waals surface area contributed by atoms with E-state index in [0.717, 1.165) is 17.8 Å². The number of aromatic nitrogens is 1. The quantitative estimate of drug-likeness (QED) is 0.739. The zero-order chi connectivity index (χ0) is 19.5. The van der Waals surface area contributed by atoms with Crippen LogP contribution in [0.15, 0.2) is 28.5 Å². The number of aryl methyl sites for hydroxylation is 1. The molecule has 0 aliphatic heterocycles. The molecule has 26 heavy (non-hydrogen) atoms. The Hall–Kier alpha value is -1.69. The lowest BCUT2D eigenvalue weighted by Gasteiger charge is -2.12. The van der Waals surface area contributed by atoms with E-state index in [4.69, 9.17) is 11.6 Å². The standard InChI is InChI=1S/C14H13ClF3N3O3S2/c1-8-7-25-13(20-8)21-12(22)4-5-19-26(23,24)9-2-3-11(15)10(6-9)14(16,17)18/h2-3,6-7,19H,4-5H2,1H3,(H,20,21,22).